The summed E-state index contributed by atoms with van der Waals surface area (Å²) in [6, 6.07) is 3.40. The number of nitrogens with zero attached hydrogens (tertiary/aromatic N) is 3. The molecule has 0 atom stereocenters. The van der Waals surface area contributed by atoms with Gasteiger partial charge in [0.25, 0.3) is 5.56 Å². The molecular formula is C18H19ClN4O4. The maximum Gasteiger partial charge on any atom is 0.330 e. The van der Waals surface area contributed by atoms with Gasteiger partial charge in [-0.3, -0.25) is 19.1 Å². The van der Waals surface area contributed by atoms with E-state index in [-0.39, 0.29) is 24.1 Å². The number of benzene rings is 1. The average Bonchev–Trinajstić information content (AvgIpc) is 2.60. The SMILES string of the molecule is Cc1cc2nc3c(=O)n(CCCCCCC(=O)O)c(=O)[nH]c3nc2cc1Cl. The number of hydrogen-bond donors (Lipinski definition) is 2. The second-order valence-electron chi connectivity index (χ2n) is 6.46. The summed E-state index contributed by atoms with van der Waals surface area (Å²) in [5.74, 6) is -0.820. The lowest BCUT2D eigenvalue weighted by Gasteiger charge is -2.07. The third-order valence-corrected chi connectivity index (χ3v) is 4.79. The molecule has 0 amide bonds. The third kappa shape index (κ3) is 4.16. The number of halogens is 1. The van der Waals surface area contributed by atoms with E-state index in [2.05, 4.69) is 15.0 Å². The van der Waals surface area contributed by atoms with Crippen molar-refractivity contribution in [3.63, 3.8) is 0 Å². The van der Waals surface area contributed by atoms with Crippen molar-refractivity contribution in [2.24, 2.45) is 0 Å². The summed E-state index contributed by atoms with van der Waals surface area (Å²) < 4.78 is 1.11. The molecular weight excluding hydrogens is 372 g/mol. The molecule has 0 aliphatic rings. The Hall–Kier alpha value is -2.74. The predicted octanol–water partition coefficient (Wildman–Crippen LogP) is 2.63. The lowest BCUT2D eigenvalue weighted by Crippen LogP contribution is -2.35. The predicted molar refractivity (Wildman–Crippen MR) is 102 cm³/mol. The van der Waals surface area contributed by atoms with E-state index in [1.54, 1.807) is 12.1 Å². The number of aromatic nitrogens is 4. The first-order valence-corrected chi connectivity index (χ1v) is 9.07. The third-order valence-electron chi connectivity index (χ3n) is 4.39. The Balaban J connectivity index is 1.87. The summed E-state index contributed by atoms with van der Waals surface area (Å²) in [5, 5.41) is 9.15. The highest BCUT2D eigenvalue weighted by Gasteiger charge is 2.12. The molecule has 142 valence electrons. The molecule has 0 radical (unpaired) electrons. The molecule has 0 aliphatic heterocycles. The van der Waals surface area contributed by atoms with Crippen LogP contribution in [0, 0.1) is 6.92 Å². The minimum Gasteiger partial charge on any atom is -0.481 e. The molecule has 27 heavy (non-hydrogen) atoms. The van der Waals surface area contributed by atoms with Gasteiger partial charge in [-0.25, -0.2) is 14.8 Å². The summed E-state index contributed by atoms with van der Waals surface area (Å²) in [6.07, 6.45) is 2.78. The van der Waals surface area contributed by atoms with Gasteiger partial charge in [0.15, 0.2) is 11.2 Å². The van der Waals surface area contributed by atoms with Gasteiger partial charge in [0, 0.05) is 18.0 Å². The Kier molecular flexibility index (Phi) is 5.55. The van der Waals surface area contributed by atoms with E-state index >= 15 is 0 Å². The quantitative estimate of drug-likeness (QED) is 0.473. The Morgan fingerprint density at radius 3 is 2.59 bits per heavy atom. The molecule has 3 aromatic rings. The molecule has 2 heterocycles. The molecule has 2 aromatic heterocycles. The maximum absolute atomic E-state index is 12.7. The van der Waals surface area contributed by atoms with Crippen LogP contribution in [0.5, 0.6) is 0 Å². The van der Waals surface area contributed by atoms with Crippen molar-refractivity contribution in [2.75, 3.05) is 0 Å². The zero-order valence-electron chi connectivity index (χ0n) is 14.8. The number of nitrogens with one attached hydrogen (secondary N) is 1. The van der Waals surface area contributed by atoms with E-state index in [1.807, 2.05) is 6.92 Å². The van der Waals surface area contributed by atoms with Crippen LogP contribution in [0.1, 0.15) is 37.7 Å². The molecule has 8 nitrogen and oxygen atoms in total. The average molecular weight is 391 g/mol. The zero-order valence-corrected chi connectivity index (χ0v) is 15.5. The second-order valence-corrected chi connectivity index (χ2v) is 6.86. The van der Waals surface area contributed by atoms with Crippen LogP contribution in [0.4, 0.5) is 0 Å². The number of aromatic amines is 1. The number of aryl methyl sites for hydroxylation is 1. The number of aliphatic carboxylic acids is 1. The van der Waals surface area contributed by atoms with Crippen LogP contribution in [0.3, 0.4) is 0 Å². The van der Waals surface area contributed by atoms with Crippen molar-refractivity contribution in [2.45, 2.75) is 45.6 Å². The Morgan fingerprint density at radius 2 is 1.85 bits per heavy atom. The van der Waals surface area contributed by atoms with E-state index < -0.39 is 17.2 Å². The first-order chi connectivity index (χ1) is 12.9. The first-order valence-electron chi connectivity index (χ1n) is 8.69. The molecule has 3 rings (SSSR count). The summed E-state index contributed by atoms with van der Waals surface area (Å²) in [6.45, 7) is 2.08. The highest BCUT2D eigenvalue weighted by Crippen LogP contribution is 2.21. The summed E-state index contributed by atoms with van der Waals surface area (Å²) in [7, 11) is 0. The van der Waals surface area contributed by atoms with Crippen LogP contribution in [0.2, 0.25) is 5.02 Å². The van der Waals surface area contributed by atoms with Gasteiger partial charge in [-0.1, -0.05) is 24.4 Å². The number of unbranched alkanes of at least 4 members (excludes halogenated alkanes) is 3. The van der Waals surface area contributed by atoms with Crippen LogP contribution in [-0.2, 0) is 11.3 Å². The summed E-state index contributed by atoms with van der Waals surface area (Å²) >= 11 is 6.10. The molecule has 0 bridgehead atoms. The summed E-state index contributed by atoms with van der Waals surface area (Å²) in [5.41, 5.74) is 1.08. The number of carboxylic acid groups (broad SMARTS) is 1. The van der Waals surface area contributed by atoms with E-state index in [4.69, 9.17) is 16.7 Å². The van der Waals surface area contributed by atoms with Gasteiger partial charge in [-0.2, -0.15) is 0 Å². The van der Waals surface area contributed by atoms with Crippen molar-refractivity contribution in [3.05, 3.63) is 43.6 Å². The molecule has 9 heteroatoms. The summed E-state index contributed by atoms with van der Waals surface area (Å²) in [4.78, 5) is 46.7. The molecule has 1 aromatic carbocycles. The van der Waals surface area contributed by atoms with E-state index in [0.29, 0.717) is 28.9 Å². The fraction of sp³-hybridized carbons (Fsp3) is 0.389. The van der Waals surface area contributed by atoms with Gasteiger partial charge < -0.3 is 5.11 Å². The fourth-order valence-electron chi connectivity index (χ4n) is 2.91. The standard InChI is InChI=1S/C18H19ClN4O4/c1-10-8-12-13(9-11(10)19)21-16-15(20-12)17(26)23(18(27)22-16)7-5-3-2-4-6-14(24)25/h8-9H,2-7H2,1H3,(H,24,25)(H,21,22,27). The topological polar surface area (TPSA) is 118 Å². The zero-order chi connectivity index (χ0) is 19.6. The Labute approximate surface area is 158 Å². The Morgan fingerprint density at radius 1 is 1.15 bits per heavy atom. The lowest BCUT2D eigenvalue weighted by atomic mass is 10.1. The van der Waals surface area contributed by atoms with Crippen LogP contribution in [0.15, 0.2) is 21.7 Å². The first kappa shape index (κ1) is 19.0. The van der Waals surface area contributed by atoms with Crippen molar-refractivity contribution in [3.8, 4) is 0 Å². The second kappa shape index (κ2) is 7.87. The number of rotatable bonds is 7. The molecule has 2 N–H and O–H groups in total. The fourth-order valence-corrected chi connectivity index (χ4v) is 3.07. The van der Waals surface area contributed by atoms with Gasteiger partial charge >= 0.3 is 11.7 Å². The Bertz CT molecular complexity index is 1140. The number of carboxylic acids is 1. The molecule has 0 saturated carbocycles. The smallest absolute Gasteiger partial charge is 0.330 e. The molecule has 0 unspecified atom stereocenters. The molecule has 0 spiro atoms. The maximum atomic E-state index is 12.7. The van der Waals surface area contributed by atoms with Gasteiger partial charge in [-0.05, 0) is 37.5 Å². The van der Waals surface area contributed by atoms with Crippen LogP contribution in [-0.4, -0.2) is 30.6 Å². The number of carbonyl (C=O) groups is 1. The van der Waals surface area contributed by atoms with Crippen LogP contribution >= 0.6 is 11.6 Å². The van der Waals surface area contributed by atoms with Crippen LogP contribution in [0.25, 0.3) is 22.2 Å². The van der Waals surface area contributed by atoms with Crippen molar-refractivity contribution in [1.29, 1.82) is 0 Å². The van der Waals surface area contributed by atoms with Gasteiger partial charge in [-0.15, -0.1) is 0 Å². The number of hydrogen-bond acceptors (Lipinski definition) is 5. The van der Waals surface area contributed by atoms with E-state index in [1.165, 1.54) is 0 Å². The minimum atomic E-state index is -0.820. The van der Waals surface area contributed by atoms with Gasteiger partial charge in [0.1, 0.15) is 0 Å². The molecule has 0 saturated heterocycles. The van der Waals surface area contributed by atoms with Crippen molar-refractivity contribution in [1.82, 2.24) is 19.5 Å². The molecule has 0 aliphatic carbocycles. The number of fused-ring (bicyclic) bond motifs is 2. The largest absolute Gasteiger partial charge is 0.481 e. The van der Waals surface area contributed by atoms with Gasteiger partial charge in [0.2, 0.25) is 0 Å². The van der Waals surface area contributed by atoms with Crippen LogP contribution < -0.4 is 11.2 Å². The van der Waals surface area contributed by atoms with Crippen molar-refractivity contribution >= 4 is 39.8 Å². The van der Waals surface area contributed by atoms with E-state index in [0.717, 1.165) is 23.0 Å². The highest BCUT2D eigenvalue weighted by atomic mass is 35.5. The van der Waals surface area contributed by atoms with Crippen molar-refractivity contribution < 1.29 is 9.90 Å². The van der Waals surface area contributed by atoms with E-state index in [9.17, 15) is 14.4 Å². The highest BCUT2D eigenvalue weighted by molar-refractivity contribution is 6.32. The monoisotopic (exact) mass is 390 g/mol. The number of H-pyrrole nitrogens is 1. The lowest BCUT2D eigenvalue weighted by molar-refractivity contribution is -0.137. The minimum absolute atomic E-state index is 0.106. The molecule has 0 fully saturated rings. The van der Waals surface area contributed by atoms with Gasteiger partial charge in [0.05, 0.1) is 11.0 Å². The normalized spacial score (nSPS) is 11.3.